The zero-order valence-corrected chi connectivity index (χ0v) is 16.3. The van der Waals surface area contributed by atoms with Crippen LogP contribution in [0.25, 0.3) is 0 Å². The fourth-order valence-corrected chi connectivity index (χ4v) is 2.66. The minimum Gasteiger partial charge on any atom is -0.507 e. The summed E-state index contributed by atoms with van der Waals surface area (Å²) in [5.41, 5.74) is 9.30. The van der Waals surface area contributed by atoms with Gasteiger partial charge in [0, 0.05) is 6.04 Å². The van der Waals surface area contributed by atoms with Crippen LogP contribution in [0.5, 0.6) is 5.75 Å². The molecule has 128 valence electrons. The summed E-state index contributed by atoms with van der Waals surface area (Å²) in [7, 11) is 0. The van der Waals surface area contributed by atoms with Crippen molar-refractivity contribution in [2.75, 3.05) is 0 Å². The average Bonchev–Trinajstić information content (AvgIpc) is 2.24. The second-order valence-corrected chi connectivity index (χ2v) is 8.70. The van der Waals surface area contributed by atoms with Gasteiger partial charge in [-0.3, -0.25) is 0 Å². The lowest BCUT2D eigenvalue weighted by molar-refractivity contribution is 0.421. The number of hydrogen-bond acceptors (Lipinski definition) is 2. The van der Waals surface area contributed by atoms with Crippen molar-refractivity contribution in [3.63, 3.8) is 0 Å². The number of halogens is 1. The van der Waals surface area contributed by atoms with Gasteiger partial charge in [-0.15, -0.1) is 12.4 Å². The molecule has 0 saturated heterocycles. The maximum Gasteiger partial charge on any atom is 0.123 e. The van der Waals surface area contributed by atoms with E-state index in [1.165, 1.54) is 0 Å². The highest BCUT2D eigenvalue weighted by Gasteiger charge is 2.27. The van der Waals surface area contributed by atoms with Crippen LogP contribution in [-0.4, -0.2) is 5.11 Å². The van der Waals surface area contributed by atoms with Gasteiger partial charge in [-0.2, -0.15) is 0 Å². The van der Waals surface area contributed by atoms with E-state index >= 15 is 0 Å². The van der Waals surface area contributed by atoms with E-state index in [4.69, 9.17) is 5.73 Å². The highest BCUT2D eigenvalue weighted by molar-refractivity contribution is 5.85. The van der Waals surface area contributed by atoms with Crippen LogP contribution in [0.1, 0.15) is 84.5 Å². The van der Waals surface area contributed by atoms with E-state index in [0.29, 0.717) is 11.7 Å². The van der Waals surface area contributed by atoms with E-state index in [1.807, 2.05) is 0 Å². The minimum atomic E-state index is -0.0996. The lowest BCUT2D eigenvalue weighted by Crippen LogP contribution is -2.20. The number of hydrogen-bond donors (Lipinski definition) is 2. The summed E-state index contributed by atoms with van der Waals surface area (Å²) in [5, 5.41) is 10.7. The van der Waals surface area contributed by atoms with Crippen molar-refractivity contribution < 1.29 is 5.11 Å². The Kier molecular flexibility index (Phi) is 6.99. The van der Waals surface area contributed by atoms with Gasteiger partial charge in [-0.25, -0.2) is 0 Å². The van der Waals surface area contributed by atoms with Gasteiger partial charge in [-0.05, 0) is 39.9 Å². The number of rotatable bonds is 3. The molecule has 3 N–H and O–H groups in total. The Morgan fingerprint density at radius 2 is 1.32 bits per heavy atom. The normalized spacial score (nSPS) is 13.9. The molecule has 0 aromatic heterocycles. The van der Waals surface area contributed by atoms with Gasteiger partial charge in [-0.1, -0.05) is 67.5 Å². The molecule has 0 heterocycles. The SMILES string of the molecule is CC(C)C[C@H](N)c1cc(C(C)(C)C)c(O)c(C(C)(C)C)c1.Cl. The predicted molar refractivity (Wildman–Crippen MR) is 99.1 cm³/mol. The van der Waals surface area contributed by atoms with Crippen molar-refractivity contribution in [1.82, 2.24) is 0 Å². The second-order valence-electron chi connectivity index (χ2n) is 8.70. The third-order valence-electron chi connectivity index (χ3n) is 3.90. The van der Waals surface area contributed by atoms with Crippen LogP contribution in [0, 0.1) is 5.92 Å². The van der Waals surface area contributed by atoms with Crippen LogP contribution in [0.3, 0.4) is 0 Å². The lowest BCUT2D eigenvalue weighted by atomic mass is 9.77. The smallest absolute Gasteiger partial charge is 0.123 e. The van der Waals surface area contributed by atoms with Crippen LogP contribution >= 0.6 is 12.4 Å². The molecule has 2 nitrogen and oxygen atoms in total. The van der Waals surface area contributed by atoms with E-state index in [-0.39, 0.29) is 29.3 Å². The molecular weight excluding hydrogens is 294 g/mol. The molecule has 0 unspecified atom stereocenters. The molecule has 0 aliphatic heterocycles. The Bertz CT molecular complexity index is 460. The fourth-order valence-electron chi connectivity index (χ4n) is 2.66. The highest BCUT2D eigenvalue weighted by atomic mass is 35.5. The largest absolute Gasteiger partial charge is 0.507 e. The van der Waals surface area contributed by atoms with Crippen molar-refractivity contribution in [3.05, 3.63) is 28.8 Å². The zero-order chi connectivity index (χ0) is 16.6. The molecule has 0 bridgehead atoms. The van der Waals surface area contributed by atoms with Crippen LogP contribution < -0.4 is 5.73 Å². The van der Waals surface area contributed by atoms with Gasteiger partial charge in [0.1, 0.15) is 5.75 Å². The molecule has 3 heteroatoms. The van der Waals surface area contributed by atoms with Crippen molar-refractivity contribution in [2.45, 2.75) is 78.7 Å². The first-order valence-electron chi connectivity index (χ1n) is 7.97. The molecule has 1 aromatic carbocycles. The summed E-state index contributed by atoms with van der Waals surface area (Å²) in [5.74, 6) is 0.987. The molecule has 1 aromatic rings. The second kappa shape index (κ2) is 7.23. The Labute approximate surface area is 142 Å². The number of phenols is 1. The fraction of sp³-hybridized carbons (Fsp3) is 0.684. The topological polar surface area (TPSA) is 46.2 Å². The van der Waals surface area contributed by atoms with Gasteiger partial charge in [0.2, 0.25) is 0 Å². The Morgan fingerprint density at radius 3 is 1.59 bits per heavy atom. The van der Waals surface area contributed by atoms with Crippen LogP contribution in [0.2, 0.25) is 0 Å². The maximum atomic E-state index is 10.7. The molecule has 0 amide bonds. The van der Waals surface area contributed by atoms with Gasteiger partial charge < -0.3 is 10.8 Å². The van der Waals surface area contributed by atoms with E-state index in [0.717, 1.165) is 23.1 Å². The molecule has 0 saturated carbocycles. The lowest BCUT2D eigenvalue weighted by Gasteiger charge is -2.29. The van der Waals surface area contributed by atoms with Gasteiger partial charge in [0.15, 0.2) is 0 Å². The van der Waals surface area contributed by atoms with Crippen molar-refractivity contribution in [2.24, 2.45) is 11.7 Å². The number of benzene rings is 1. The van der Waals surface area contributed by atoms with Crippen molar-refractivity contribution in [1.29, 1.82) is 0 Å². The van der Waals surface area contributed by atoms with E-state index in [9.17, 15) is 5.11 Å². The molecule has 0 radical (unpaired) electrons. The average molecular weight is 328 g/mol. The highest BCUT2D eigenvalue weighted by Crippen LogP contribution is 2.41. The van der Waals surface area contributed by atoms with Gasteiger partial charge in [0.25, 0.3) is 0 Å². The summed E-state index contributed by atoms with van der Waals surface area (Å²) in [6.45, 7) is 17.2. The summed E-state index contributed by atoms with van der Waals surface area (Å²) < 4.78 is 0. The van der Waals surface area contributed by atoms with Gasteiger partial charge in [0.05, 0.1) is 0 Å². The molecular formula is C19H34ClNO. The summed E-state index contributed by atoms with van der Waals surface area (Å²) in [6, 6.07) is 4.21. The van der Waals surface area contributed by atoms with Crippen LogP contribution in [0.4, 0.5) is 0 Å². The van der Waals surface area contributed by atoms with E-state index < -0.39 is 0 Å². The molecule has 0 aliphatic rings. The first-order chi connectivity index (χ1) is 9.34. The van der Waals surface area contributed by atoms with Gasteiger partial charge >= 0.3 is 0 Å². The minimum absolute atomic E-state index is 0. The quantitative estimate of drug-likeness (QED) is 0.774. The van der Waals surface area contributed by atoms with E-state index in [1.54, 1.807) is 0 Å². The summed E-state index contributed by atoms with van der Waals surface area (Å²) >= 11 is 0. The van der Waals surface area contributed by atoms with Crippen LogP contribution in [-0.2, 0) is 10.8 Å². The number of nitrogens with two attached hydrogens (primary N) is 1. The standard InChI is InChI=1S/C19H33NO.ClH/c1-12(2)9-16(20)13-10-14(18(3,4)5)17(21)15(11-13)19(6,7)8;/h10-12,16,21H,9,20H2,1-8H3;1H/t16-;/m0./s1. The summed E-state index contributed by atoms with van der Waals surface area (Å²) in [4.78, 5) is 0. The maximum absolute atomic E-state index is 10.7. The third kappa shape index (κ3) is 5.17. The molecule has 0 fully saturated rings. The molecule has 1 atom stereocenters. The zero-order valence-electron chi connectivity index (χ0n) is 15.4. The van der Waals surface area contributed by atoms with E-state index in [2.05, 4.69) is 67.5 Å². The number of aromatic hydroxyl groups is 1. The summed E-state index contributed by atoms with van der Waals surface area (Å²) in [6.07, 6.45) is 0.956. The Balaban J connectivity index is 0.00000441. The van der Waals surface area contributed by atoms with Crippen molar-refractivity contribution >= 4 is 12.4 Å². The molecule has 1 rings (SSSR count). The molecule has 0 aliphatic carbocycles. The molecule has 0 spiro atoms. The Hall–Kier alpha value is -0.730. The first-order valence-corrected chi connectivity index (χ1v) is 7.97. The predicted octanol–water partition coefficient (Wildman–Crippen LogP) is 5.45. The Morgan fingerprint density at radius 1 is 0.955 bits per heavy atom. The first kappa shape index (κ1) is 21.3. The monoisotopic (exact) mass is 327 g/mol. The molecule has 22 heavy (non-hydrogen) atoms. The van der Waals surface area contributed by atoms with Crippen LogP contribution in [0.15, 0.2) is 12.1 Å². The third-order valence-corrected chi connectivity index (χ3v) is 3.90. The van der Waals surface area contributed by atoms with Crippen molar-refractivity contribution in [3.8, 4) is 5.75 Å². The number of phenolic OH excluding ortho intramolecular Hbond substituents is 1.